The Morgan fingerprint density at radius 2 is 1.84 bits per heavy atom. The highest BCUT2D eigenvalue weighted by Gasteiger charge is 2.40. The summed E-state index contributed by atoms with van der Waals surface area (Å²) in [7, 11) is -3.91. The molecule has 0 radical (unpaired) electrons. The molecule has 0 aromatic heterocycles. The summed E-state index contributed by atoms with van der Waals surface area (Å²) in [4.78, 5) is 28.9. The summed E-state index contributed by atoms with van der Waals surface area (Å²) in [6, 6.07) is 8.42. The van der Waals surface area contributed by atoms with Crippen LogP contribution in [0.1, 0.15) is 34.1 Å². The van der Waals surface area contributed by atoms with Crippen LogP contribution in [0.25, 0.3) is 10.8 Å². The number of halogens is 1. The van der Waals surface area contributed by atoms with Gasteiger partial charge in [-0.3, -0.25) is 9.59 Å². The van der Waals surface area contributed by atoms with Crippen molar-refractivity contribution in [3.63, 3.8) is 0 Å². The fourth-order valence-electron chi connectivity index (χ4n) is 3.96. The number of likely N-dealkylation sites (tertiary alicyclic amines) is 1. The molecule has 7 nitrogen and oxygen atoms in total. The molecule has 31 heavy (non-hydrogen) atoms. The summed E-state index contributed by atoms with van der Waals surface area (Å²) < 4.78 is 28.3. The molecular formula is C22H28ClN3O4S. The molecule has 2 amide bonds. The molecule has 3 rings (SSSR count). The lowest BCUT2D eigenvalue weighted by molar-refractivity contribution is -0.144. The van der Waals surface area contributed by atoms with Crippen LogP contribution in [-0.2, 0) is 19.6 Å². The third kappa shape index (κ3) is 4.86. The zero-order valence-electron chi connectivity index (χ0n) is 18.1. The highest BCUT2D eigenvalue weighted by Crippen LogP contribution is 2.24. The number of benzene rings is 2. The van der Waals surface area contributed by atoms with Crippen molar-refractivity contribution in [1.82, 2.24) is 14.5 Å². The molecule has 0 spiro atoms. The highest BCUT2D eigenvalue weighted by atomic mass is 35.5. The fraction of sp³-hybridized carbons (Fsp3) is 0.455. The first kappa shape index (κ1) is 23.5. The number of nitrogens with one attached hydrogen (secondary N) is 1. The van der Waals surface area contributed by atoms with Crippen LogP contribution in [0.15, 0.2) is 41.3 Å². The van der Waals surface area contributed by atoms with Gasteiger partial charge in [0.15, 0.2) is 0 Å². The van der Waals surface area contributed by atoms with Crippen molar-refractivity contribution in [2.45, 2.75) is 57.1 Å². The summed E-state index contributed by atoms with van der Waals surface area (Å²) in [5.41, 5.74) is 0. The molecule has 0 aliphatic carbocycles. The molecule has 1 saturated heterocycles. The van der Waals surface area contributed by atoms with Crippen molar-refractivity contribution in [3.05, 3.63) is 41.4 Å². The van der Waals surface area contributed by atoms with Crippen molar-refractivity contribution in [2.24, 2.45) is 0 Å². The normalized spacial score (nSPS) is 18.1. The minimum Gasteiger partial charge on any atom is -0.339 e. The number of amides is 2. The van der Waals surface area contributed by atoms with Gasteiger partial charge in [0.25, 0.3) is 0 Å². The molecule has 2 aromatic rings. The van der Waals surface area contributed by atoms with Gasteiger partial charge >= 0.3 is 0 Å². The Hall–Kier alpha value is -2.16. The molecule has 0 bridgehead atoms. The number of hydrogen-bond donors (Lipinski definition) is 1. The van der Waals surface area contributed by atoms with E-state index in [0.717, 1.165) is 10.8 Å². The Balaban J connectivity index is 1.75. The van der Waals surface area contributed by atoms with Gasteiger partial charge in [-0.05, 0) is 69.2 Å². The number of carbonyl (C=O) groups excluding carboxylic acids is 2. The fourth-order valence-corrected chi connectivity index (χ4v) is 5.40. The van der Waals surface area contributed by atoms with Gasteiger partial charge in [-0.2, -0.15) is 4.72 Å². The first-order chi connectivity index (χ1) is 14.5. The quantitative estimate of drug-likeness (QED) is 0.680. The highest BCUT2D eigenvalue weighted by molar-refractivity contribution is 7.89. The third-order valence-electron chi connectivity index (χ3n) is 5.69. The van der Waals surface area contributed by atoms with E-state index >= 15 is 0 Å². The standard InChI is InChI=1S/C22H28ClN3O4S/c1-5-25(14(2)3)21(27)15(4)26-11-10-20(22(26)28)24-31(29,30)19-9-7-16-12-18(23)8-6-17(16)13-19/h6-9,12-15,20,24H,5,10-11H2,1-4H3/t15-,20-/m0/s1. The minimum atomic E-state index is -3.91. The monoisotopic (exact) mass is 465 g/mol. The first-order valence-corrected chi connectivity index (χ1v) is 12.2. The van der Waals surface area contributed by atoms with Crippen LogP contribution in [0.4, 0.5) is 0 Å². The van der Waals surface area contributed by atoms with E-state index in [1.165, 1.54) is 11.0 Å². The Morgan fingerprint density at radius 3 is 2.48 bits per heavy atom. The van der Waals surface area contributed by atoms with Gasteiger partial charge in [0.2, 0.25) is 21.8 Å². The maximum Gasteiger partial charge on any atom is 0.245 e. The van der Waals surface area contributed by atoms with E-state index in [-0.39, 0.29) is 22.8 Å². The average molecular weight is 466 g/mol. The zero-order valence-corrected chi connectivity index (χ0v) is 19.7. The van der Waals surface area contributed by atoms with Crippen LogP contribution >= 0.6 is 11.6 Å². The Kier molecular flexibility index (Phi) is 6.93. The third-order valence-corrected chi connectivity index (χ3v) is 7.40. The number of fused-ring (bicyclic) bond motifs is 1. The van der Waals surface area contributed by atoms with Crippen LogP contribution < -0.4 is 4.72 Å². The average Bonchev–Trinajstić information content (AvgIpc) is 3.06. The Bertz CT molecular complexity index is 1100. The van der Waals surface area contributed by atoms with Gasteiger partial charge in [0.1, 0.15) is 12.1 Å². The van der Waals surface area contributed by atoms with E-state index in [1.54, 1.807) is 42.2 Å². The van der Waals surface area contributed by atoms with Crippen molar-refractivity contribution in [2.75, 3.05) is 13.1 Å². The molecule has 1 fully saturated rings. The zero-order chi connectivity index (χ0) is 22.9. The van der Waals surface area contributed by atoms with Gasteiger partial charge in [-0.1, -0.05) is 23.7 Å². The van der Waals surface area contributed by atoms with Gasteiger partial charge in [-0.25, -0.2) is 8.42 Å². The predicted molar refractivity (Wildman–Crippen MR) is 121 cm³/mol. The van der Waals surface area contributed by atoms with Gasteiger partial charge < -0.3 is 9.80 Å². The Labute approximate surface area is 188 Å². The summed E-state index contributed by atoms with van der Waals surface area (Å²) in [6.45, 7) is 8.31. The Morgan fingerprint density at radius 1 is 1.19 bits per heavy atom. The molecule has 0 saturated carbocycles. The summed E-state index contributed by atoms with van der Waals surface area (Å²) in [6.07, 6.45) is 0.312. The summed E-state index contributed by atoms with van der Waals surface area (Å²) >= 11 is 5.99. The largest absolute Gasteiger partial charge is 0.339 e. The van der Waals surface area contributed by atoms with Gasteiger partial charge in [-0.15, -0.1) is 0 Å². The second-order valence-corrected chi connectivity index (χ2v) is 10.2. The summed E-state index contributed by atoms with van der Waals surface area (Å²) in [5.74, 6) is -0.514. The van der Waals surface area contributed by atoms with Gasteiger partial charge in [0, 0.05) is 24.2 Å². The number of sulfonamides is 1. The van der Waals surface area contributed by atoms with Crippen LogP contribution in [0.5, 0.6) is 0 Å². The topological polar surface area (TPSA) is 86.8 Å². The lowest BCUT2D eigenvalue weighted by Gasteiger charge is -2.32. The van der Waals surface area contributed by atoms with Gasteiger partial charge in [0.05, 0.1) is 4.90 Å². The van der Waals surface area contributed by atoms with E-state index in [1.807, 2.05) is 20.8 Å². The molecule has 1 heterocycles. The van der Waals surface area contributed by atoms with E-state index in [2.05, 4.69) is 4.72 Å². The molecule has 0 unspecified atom stereocenters. The molecule has 1 aliphatic rings. The summed E-state index contributed by atoms with van der Waals surface area (Å²) in [5, 5.41) is 2.13. The molecule has 1 N–H and O–H groups in total. The second-order valence-electron chi connectivity index (χ2n) is 8.04. The van der Waals surface area contributed by atoms with Crippen molar-refractivity contribution in [1.29, 1.82) is 0 Å². The van der Waals surface area contributed by atoms with Crippen molar-refractivity contribution >= 4 is 44.2 Å². The molecule has 9 heteroatoms. The molecular weight excluding hydrogens is 438 g/mol. The van der Waals surface area contributed by atoms with Crippen molar-refractivity contribution in [3.8, 4) is 0 Å². The number of likely N-dealkylation sites (N-methyl/N-ethyl adjacent to an activating group) is 1. The number of hydrogen-bond acceptors (Lipinski definition) is 4. The maximum absolute atomic E-state index is 12.9. The van der Waals surface area contributed by atoms with Crippen LogP contribution in [-0.4, -0.2) is 61.2 Å². The first-order valence-electron chi connectivity index (χ1n) is 10.4. The van der Waals surface area contributed by atoms with Crippen LogP contribution in [0.2, 0.25) is 5.02 Å². The van der Waals surface area contributed by atoms with Crippen LogP contribution in [0.3, 0.4) is 0 Å². The molecule has 1 aliphatic heterocycles. The lowest BCUT2D eigenvalue weighted by Crippen LogP contribution is -2.51. The van der Waals surface area contributed by atoms with E-state index in [0.29, 0.717) is 24.5 Å². The number of rotatable bonds is 7. The van der Waals surface area contributed by atoms with E-state index < -0.39 is 22.1 Å². The van der Waals surface area contributed by atoms with Crippen molar-refractivity contribution < 1.29 is 18.0 Å². The minimum absolute atomic E-state index is 0.0229. The van der Waals surface area contributed by atoms with E-state index in [4.69, 9.17) is 11.6 Å². The number of nitrogens with zero attached hydrogens (tertiary/aromatic N) is 2. The molecule has 168 valence electrons. The molecule has 2 aromatic carbocycles. The second kappa shape index (κ2) is 9.14. The van der Waals surface area contributed by atoms with E-state index in [9.17, 15) is 18.0 Å². The SMILES string of the molecule is CCN(C(=O)[C@H](C)N1CC[C@H](NS(=O)(=O)c2ccc3cc(Cl)ccc3c2)C1=O)C(C)C. The van der Waals surface area contributed by atoms with Crippen LogP contribution in [0, 0.1) is 0 Å². The lowest BCUT2D eigenvalue weighted by atomic mass is 10.1. The predicted octanol–water partition coefficient (Wildman–Crippen LogP) is 3.02. The molecule has 2 atom stereocenters. The maximum atomic E-state index is 12.9. The number of carbonyl (C=O) groups is 2. The smallest absolute Gasteiger partial charge is 0.245 e.